The lowest BCUT2D eigenvalue weighted by Crippen LogP contribution is -2.41. The summed E-state index contributed by atoms with van der Waals surface area (Å²) in [5.74, 6) is -0.153. The van der Waals surface area contributed by atoms with Gasteiger partial charge in [0.15, 0.2) is 12.0 Å². The lowest BCUT2D eigenvalue weighted by atomic mass is 9.94. The molecule has 1 aliphatic heterocycles. The van der Waals surface area contributed by atoms with E-state index >= 15 is 0 Å². The van der Waals surface area contributed by atoms with Gasteiger partial charge in [0.05, 0.1) is 4.91 Å². The maximum absolute atomic E-state index is 12.4. The molecule has 0 radical (unpaired) electrons. The molecule has 0 spiro atoms. The van der Waals surface area contributed by atoms with Crippen LogP contribution in [-0.4, -0.2) is 69.0 Å². The Kier molecular flexibility index (Phi) is 5.58. The number of carbonyl (C=O) groups is 2. The van der Waals surface area contributed by atoms with Crippen LogP contribution in [0.5, 0.6) is 0 Å². The summed E-state index contributed by atoms with van der Waals surface area (Å²) < 4.78 is 16.3. The maximum Gasteiger partial charge on any atom is 0.269 e. The molecule has 3 rings (SSSR count). The number of hydrogen-bond acceptors (Lipinski definition) is 7. The summed E-state index contributed by atoms with van der Waals surface area (Å²) in [5, 5.41) is 0. The molecule has 1 heterocycles. The van der Waals surface area contributed by atoms with Crippen molar-refractivity contribution in [3.8, 4) is 0 Å². The second-order valence-corrected chi connectivity index (χ2v) is 7.07. The van der Waals surface area contributed by atoms with Crippen molar-refractivity contribution in [2.45, 2.75) is 12.4 Å². The molecule has 0 amide bonds. The molecule has 0 saturated heterocycles. The maximum atomic E-state index is 12.4. The minimum Gasteiger partial charge on any atom is -0.483 e. The lowest BCUT2D eigenvalue weighted by molar-refractivity contribution is -0.119. The number of Topliss-reactive ketones (excluding diaryl/α,β-unsaturated/α-hetero) is 2. The molecule has 6 nitrogen and oxygen atoms in total. The van der Waals surface area contributed by atoms with Gasteiger partial charge in [-0.2, -0.15) is 0 Å². The molecule has 1 aromatic carbocycles. The first-order valence-corrected chi connectivity index (χ1v) is 9.00. The first kappa shape index (κ1) is 18.1. The zero-order valence-corrected chi connectivity index (χ0v) is 15.3. The van der Waals surface area contributed by atoms with E-state index in [1.807, 2.05) is 24.1 Å². The number of likely N-dealkylation sites (N-methyl/N-ethyl adjacent to an activating group) is 1. The Morgan fingerprint density at radius 1 is 1.20 bits per heavy atom. The fourth-order valence-corrected chi connectivity index (χ4v) is 4.10. The molecular formula is C18H21NO5S. The van der Waals surface area contributed by atoms with Gasteiger partial charge in [-0.15, -0.1) is 11.8 Å². The number of benzene rings is 1. The van der Waals surface area contributed by atoms with E-state index < -0.39 is 11.6 Å². The van der Waals surface area contributed by atoms with Crippen LogP contribution in [0.15, 0.2) is 30.0 Å². The minimum atomic E-state index is -0.555. The van der Waals surface area contributed by atoms with Crippen LogP contribution >= 0.6 is 11.8 Å². The molecule has 25 heavy (non-hydrogen) atoms. The molecule has 0 bridgehead atoms. The quantitative estimate of drug-likeness (QED) is 0.564. The van der Waals surface area contributed by atoms with Gasteiger partial charge in [0, 0.05) is 44.2 Å². The van der Waals surface area contributed by atoms with Crippen molar-refractivity contribution in [3.05, 3.63) is 41.2 Å². The monoisotopic (exact) mass is 363 g/mol. The third kappa shape index (κ3) is 3.64. The van der Waals surface area contributed by atoms with Crippen LogP contribution in [0.1, 0.15) is 15.9 Å². The van der Waals surface area contributed by atoms with E-state index in [2.05, 4.69) is 0 Å². The zero-order chi connectivity index (χ0) is 18.0. The summed E-state index contributed by atoms with van der Waals surface area (Å²) >= 11 is 1.57. The Morgan fingerprint density at radius 3 is 2.56 bits per heavy atom. The SMILES string of the molecule is COC(CN(C)CC1CSC2=C(O1)C(=O)C(=O)c1ccccc12)OC. The number of ketones is 2. The summed E-state index contributed by atoms with van der Waals surface area (Å²) in [7, 11) is 5.12. The molecule has 0 fully saturated rings. The molecule has 0 aromatic heterocycles. The number of hydrogen-bond donors (Lipinski definition) is 0. The Morgan fingerprint density at radius 2 is 1.88 bits per heavy atom. The molecule has 1 unspecified atom stereocenters. The van der Waals surface area contributed by atoms with Gasteiger partial charge in [-0.3, -0.25) is 14.5 Å². The van der Waals surface area contributed by atoms with Crippen molar-refractivity contribution in [1.82, 2.24) is 4.90 Å². The number of ether oxygens (including phenoxy) is 3. The van der Waals surface area contributed by atoms with Crippen LogP contribution < -0.4 is 0 Å². The number of methoxy groups -OCH3 is 2. The highest BCUT2D eigenvalue weighted by Crippen LogP contribution is 2.41. The van der Waals surface area contributed by atoms with Crippen molar-refractivity contribution in [2.75, 3.05) is 40.1 Å². The van der Waals surface area contributed by atoms with Gasteiger partial charge >= 0.3 is 0 Å². The van der Waals surface area contributed by atoms with E-state index in [4.69, 9.17) is 14.2 Å². The standard InChI is InChI=1S/C18H21NO5S/c1-19(9-14(22-2)23-3)8-11-10-25-18-13-7-5-4-6-12(13)15(20)16(21)17(18)24-11/h4-7,11,14H,8-10H2,1-3H3. The predicted octanol–water partition coefficient (Wildman–Crippen LogP) is 1.80. The van der Waals surface area contributed by atoms with Gasteiger partial charge in [0.2, 0.25) is 5.78 Å². The molecule has 2 aliphatic rings. The Bertz CT molecular complexity index is 713. The van der Waals surface area contributed by atoms with Crippen LogP contribution in [-0.2, 0) is 19.0 Å². The number of rotatable bonds is 6. The second-order valence-electron chi connectivity index (χ2n) is 6.04. The number of fused-ring (bicyclic) bond motifs is 2. The lowest BCUT2D eigenvalue weighted by Gasteiger charge is -2.33. The third-order valence-electron chi connectivity index (χ3n) is 4.23. The number of allylic oxidation sites excluding steroid dienone is 1. The van der Waals surface area contributed by atoms with E-state index in [-0.39, 0.29) is 18.2 Å². The molecule has 0 N–H and O–H groups in total. The van der Waals surface area contributed by atoms with Crippen molar-refractivity contribution in [2.24, 2.45) is 0 Å². The van der Waals surface area contributed by atoms with Gasteiger partial charge in [-0.05, 0) is 7.05 Å². The highest BCUT2D eigenvalue weighted by atomic mass is 32.2. The van der Waals surface area contributed by atoms with Crippen LogP contribution in [0.4, 0.5) is 0 Å². The van der Waals surface area contributed by atoms with E-state index in [1.165, 1.54) is 0 Å². The summed E-state index contributed by atoms with van der Waals surface area (Å²) in [5.41, 5.74) is 1.25. The summed E-state index contributed by atoms with van der Waals surface area (Å²) in [4.78, 5) is 27.5. The van der Waals surface area contributed by atoms with E-state index in [9.17, 15) is 9.59 Å². The molecule has 7 heteroatoms. The number of nitrogens with zero attached hydrogens (tertiary/aromatic N) is 1. The fourth-order valence-electron chi connectivity index (χ4n) is 2.97. The largest absolute Gasteiger partial charge is 0.483 e. The summed E-state index contributed by atoms with van der Waals surface area (Å²) in [6.45, 7) is 1.19. The van der Waals surface area contributed by atoms with Crippen molar-refractivity contribution < 1.29 is 23.8 Å². The van der Waals surface area contributed by atoms with Gasteiger partial charge in [-0.1, -0.05) is 24.3 Å². The van der Waals surface area contributed by atoms with Gasteiger partial charge in [0.1, 0.15) is 6.10 Å². The van der Waals surface area contributed by atoms with Gasteiger partial charge < -0.3 is 14.2 Å². The van der Waals surface area contributed by atoms with Gasteiger partial charge in [0.25, 0.3) is 5.78 Å². The van der Waals surface area contributed by atoms with Crippen LogP contribution in [0.3, 0.4) is 0 Å². The average Bonchev–Trinajstić information content (AvgIpc) is 2.64. The molecular weight excluding hydrogens is 342 g/mol. The van der Waals surface area contributed by atoms with Crippen molar-refractivity contribution in [3.63, 3.8) is 0 Å². The molecule has 1 aliphatic carbocycles. The highest BCUT2D eigenvalue weighted by molar-refractivity contribution is 8.08. The molecule has 134 valence electrons. The predicted molar refractivity (Wildman–Crippen MR) is 95.3 cm³/mol. The van der Waals surface area contributed by atoms with Crippen LogP contribution in [0.2, 0.25) is 0 Å². The highest BCUT2D eigenvalue weighted by Gasteiger charge is 2.38. The van der Waals surface area contributed by atoms with E-state index in [1.54, 1.807) is 38.1 Å². The van der Waals surface area contributed by atoms with Crippen molar-refractivity contribution in [1.29, 1.82) is 0 Å². The normalized spacial score (nSPS) is 20.0. The number of carbonyl (C=O) groups excluding carboxylic acids is 2. The Hall–Kier alpha value is -1.67. The third-order valence-corrected chi connectivity index (χ3v) is 5.47. The topological polar surface area (TPSA) is 65.1 Å². The van der Waals surface area contributed by atoms with Crippen LogP contribution in [0.25, 0.3) is 4.91 Å². The smallest absolute Gasteiger partial charge is 0.269 e. The Labute approximate surface area is 151 Å². The average molecular weight is 363 g/mol. The van der Waals surface area contributed by atoms with E-state index in [0.717, 1.165) is 10.5 Å². The second kappa shape index (κ2) is 7.70. The zero-order valence-electron chi connectivity index (χ0n) is 14.5. The molecule has 0 saturated carbocycles. The first-order chi connectivity index (χ1) is 12.0. The minimum absolute atomic E-state index is 0.176. The van der Waals surface area contributed by atoms with Crippen LogP contribution in [0, 0.1) is 0 Å². The van der Waals surface area contributed by atoms with Crippen molar-refractivity contribution >= 4 is 28.2 Å². The van der Waals surface area contributed by atoms with Gasteiger partial charge in [-0.25, -0.2) is 0 Å². The van der Waals surface area contributed by atoms with E-state index in [0.29, 0.717) is 24.4 Å². The molecule has 1 aromatic rings. The fraction of sp³-hybridized carbons (Fsp3) is 0.444. The summed E-state index contributed by atoms with van der Waals surface area (Å²) in [6.07, 6.45) is -0.495. The Balaban J connectivity index is 1.74. The first-order valence-electron chi connectivity index (χ1n) is 8.01. The molecule has 1 atom stereocenters. The summed E-state index contributed by atoms with van der Waals surface area (Å²) in [6, 6.07) is 7.18. The number of thioether (sulfide) groups is 1.